The first-order valence-corrected chi connectivity index (χ1v) is 19.9. The van der Waals surface area contributed by atoms with Crippen molar-refractivity contribution >= 4 is 17.5 Å². The van der Waals surface area contributed by atoms with Crippen LogP contribution in [0.1, 0.15) is 84.2 Å². The molecule has 1 aliphatic carbocycles. The van der Waals surface area contributed by atoms with Crippen LogP contribution in [0.2, 0.25) is 0 Å². The van der Waals surface area contributed by atoms with Crippen LogP contribution < -0.4 is 20.3 Å². The highest BCUT2D eigenvalue weighted by Crippen LogP contribution is 2.48. The summed E-state index contributed by atoms with van der Waals surface area (Å²) < 4.78 is 22.0. The molecule has 4 rings (SSSR count). The Morgan fingerprint density at radius 1 is 1.09 bits per heavy atom. The van der Waals surface area contributed by atoms with E-state index in [9.17, 15) is 19.8 Å². The fourth-order valence-corrected chi connectivity index (χ4v) is 8.69. The number of hydrogen-bond donors (Lipinski definition) is 4. The number of halogens is 1. The van der Waals surface area contributed by atoms with Crippen molar-refractivity contribution in [3.05, 3.63) is 47.3 Å². The van der Waals surface area contributed by atoms with Crippen LogP contribution in [-0.4, -0.2) is 111 Å². The predicted octanol–water partition coefficient (Wildman–Crippen LogP) is 5.57. The summed E-state index contributed by atoms with van der Waals surface area (Å²) in [4.78, 5) is 38.3. The van der Waals surface area contributed by atoms with Crippen LogP contribution in [0.5, 0.6) is 5.75 Å². The van der Waals surface area contributed by atoms with Gasteiger partial charge in [-0.15, -0.1) is 0 Å². The maximum absolute atomic E-state index is 16.1. The number of rotatable bonds is 15. The van der Waals surface area contributed by atoms with Crippen LogP contribution >= 0.6 is 0 Å². The zero-order valence-corrected chi connectivity index (χ0v) is 35.4. The number of nitrogens with zero attached hydrogens (tertiary/aromatic N) is 3. The highest BCUT2D eigenvalue weighted by atomic mass is 19.1. The van der Waals surface area contributed by atoms with E-state index in [0.717, 1.165) is 18.5 Å². The van der Waals surface area contributed by atoms with Gasteiger partial charge in [-0.25, -0.2) is 4.39 Å². The van der Waals surface area contributed by atoms with E-state index >= 15 is 4.39 Å². The van der Waals surface area contributed by atoms with Crippen LogP contribution in [0.25, 0.3) is 11.1 Å². The van der Waals surface area contributed by atoms with Gasteiger partial charge >= 0.3 is 0 Å². The third kappa shape index (κ3) is 10.00. The zero-order valence-electron chi connectivity index (χ0n) is 35.4. The minimum absolute atomic E-state index is 0.0558. The van der Waals surface area contributed by atoms with Crippen LogP contribution in [0.3, 0.4) is 0 Å². The molecule has 2 aromatic carbocycles. The number of methoxy groups -OCH3 is 1. The Labute approximate surface area is 328 Å². The zero-order chi connectivity index (χ0) is 41.1. The Kier molecular flexibility index (Phi) is 14.8. The molecule has 9 atom stereocenters. The van der Waals surface area contributed by atoms with E-state index in [1.54, 1.807) is 19.1 Å². The molecule has 55 heavy (non-hydrogen) atoms. The summed E-state index contributed by atoms with van der Waals surface area (Å²) in [5.41, 5.74) is 2.67. The molecule has 11 nitrogen and oxygen atoms in total. The van der Waals surface area contributed by atoms with Crippen molar-refractivity contribution in [2.75, 3.05) is 53.4 Å². The maximum atomic E-state index is 16.1. The summed E-state index contributed by atoms with van der Waals surface area (Å²) in [5.74, 6) is -0.400. The van der Waals surface area contributed by atoms with Crippen molar-refractivity contribution in [2.24, 2.45) is 35.0 Å². The second-order valence-corrected chi connectivity index (χ2v) is 17.7. The van der Waals surface area contributed by atoms with E-state index in [0.29, 0.717) is 41.0 Å². The number of hydrogen-bond acceptors (Lipinski definition) is 9. The molecule has 0 aromatic heterocycles. The number of amides is 2. The van der Waals surface area contributed by atoms with Gasteiger partial charge in [0.1, 0.15) is 23.7 Å². The van der Waals surface area contributed by atoms with Gasteiger partial charge in [-0.05, 0) is 98.8 Å². The van der Waals surface area contributed by atoms with Crippen molar-refractivity contribution in [1.29, 1.82) is 0 Å². The van der Waals surface area contributed by atoms with Crippen LogP contribution in [0.4, 0.5) is 10.1 Å². The summed E-state index contributed by atoms with van der Waals surface area (Å²) in [6.07, 6.45) is -0.281. The van der Waals surface area contributed by atoms with Crippen LogP contribution in [-0.2, 0) is 16.2 Å². The number of aliphatic hydroxyl groups excluding tert-OH is 2. The first kappa shape index (κ1) is 44.4. The highest BCUT2D eigenvalue weighted by Gasteiger charge is 2.51. The van der Waals surface area contributed by atoms with Gasteiger partial charge in [0.25, 0.3) is 5.91 Å². The normalized spacial score (nSPS) is 26.5. The molecular formula is C43H68FN5O6. The summed E-state index contributed by atoms with van der Waals surface area (Å²) in [7, 11) is 9.21. The highest BCUT2D eigenvalue weighted by molar-refractivity contribution is 5.97. The van der Waals surface area contributed by atoms with E-state index in [1.165, 1.54) is 18.2 Å². The number of likely N-dealkylation sites (N-methyl/N-ethyl adjacent to an activating group) is 1. The molecule has 1 aliphatic heterocycles. The summed E-state index contributed by atoms with van der Waals surface area (Å²) >= 11 is 0. The lowest BCUT2D eigenvalue weighted by molar-refractivity contribution is -0.182. The number of carbonyl (C=O) groups is 2. The molecule has 1 saturated carbocycles. The summed E-state index contributed by atoms with van der Waals surface area (Å²) in [5, 5.41) is 29.2. The smallest absolute Gasteiger partial charge is 0.251 e. The third-order valence-electron chi connectivity index (χ3n) is 12.6. The summed E-state index contributed by atoms with van der Waals surface area (Å²) in [6, 6.07) is 7.33. The van der Waals surface area contributed by atoms with E-state index in [4.69, 9.17) is 9.57 Å². The average molecular weight is 770 g/mol. The van der Waals surface area contributed by atoms with Gasteiger partial charge < -0.3 is 35.4 Å². The fourth-order valence-electron chi connectivity index (χ4n) is 8.69. The van der Waals surface area contributed by atoms with E-state index in [2.05, 4.69) is 64.0 Å². The van der Waals surface area contributed by atoms with Gasteiger partial charge in [0.05, 0.1) is 26.4 Å². The molecule has 0 bridgehead atoms. The molecule has 0 spiro atoms. The first-order chi connectivity index (χ1) is 25.7. The molecule has 4 N–H and O–H groups in total. The SMILES string of the molecule is COc1c(-c2cc(C(=O)N[C@@H](CC(C)C)CN(C)C)cc(N(C)C)c2)ccc(F)c1CN1O[C@@H](CO)[C@@H]([C@H](C)O)[C@H]1C(=O)N[C@H]1C[C@@H](C)C(C)(C)[C@@H](C)[C@@H]1C. The number of ether oxygens (including phenoxy) is 1. The number of anilines is 1. The molecule has 0 unspecified atom stereocenters. The Balaban J connectivity index is 1.73. The largest absolute Gasteiger partial charge is 0.496 e. The molecule has 0 radical (unpaired) electrons. The lowest BCUT2D eigenvalue weighted by atomic mass is 9.58. The maximum Gasteiger partial charge on any atom is 0.251 e. The summed E-state index contributed by atoms with van der Waals surface area (Å²) in [6.45, 7) is 17.0. The average Bonchev–Trinajstić information content (AvgIpc) is 3.48. The molecule has 1 heterocycles. The lowest BCUT2D eigenvalue weighted by Gasteiger charge is -2.50. The van der Waals surface area contributed by atoms with Crippen LogP contribution in [0.15, 0.2) is 30.3 Å². The Bertz CT molecular complexity index is 1620. The number of hydroxylamine groups is 2. The molecule has 2 aromatic rings. The molecule has 308 valence electrons. The minimum Gasteiger partial charge on any atom is -0.496 e. The number of carbonyl (C=O) groups excluding carboxylic acids is 2. The van der Waals surface area contributed by atoms with Crippen molar-refractivity contribution in [3.8, 4) is 16.9 Å². The number of benzene rings is 2. The van der Waals surface area contributed by atoms with Gasteiger partial charge in [-0.3, -0.25) is 14.4 Å². The van der Waals surface area contributed by atoms with Gasteiger partial charge in [0.2, 0.25) is 5.91 Å². The predicted molar refractivity (Wildman–Crippen MR) is 216 cm³/mol. The lowest BCUT2D eigenvalue weighted by Crippen LogP contribution is -2.56. The molecule has 1 saturated heterocycles. The first-order valence-electron chi connectivity index (χ1n) is 19.9. The van der Waals surface area contributed by atoms with E-state index in [-0.39, 0.29) is 53.1 Å². The molecule has 2 fully saturated rings. The standard InChI is InChI=1S/C43H68FN5O6/c1-24(2)16-31(21-47(9)10)45-41(52)30-18-29(19-32(20-30)48(11)12)33-14-15-35(44)34(40(33)54-13)22-49-39(38(28(6)51)37(23-50)55-49)42(53)46-36-17-25(3)43(7,8)27(5)26(36)4/h14-15,18-20,24-28,31,36-39,50-51H,16-17,21-23H2,1-13H3,(H,45,52)(H,46,53)/t25-,26+,27+,28+,31+,36+,37+,38-,39+/m1/s1. The van der Waals surface area contributed by atoms with Gasteiger partial charge in [0, 0.05) is 61.0 Å². The molecule has 12 heteroatoms. The number of aliphatic hydroxyl groups is 2. The minimum atomic E-state index is -1.02. The van der Waals surface area contributed by atoms with E-state index < -0.39 is 36.6 Å². The van der Waals surface area contributed by atoms with Gasteiger partial charge in [-0.2, -0.15) is 5.06 Å². The third-order valence-corrected chi connectivity index (χ3v) is 12.6. The topological polar surface area (TPSA) is 127 Å². The molecular weight excluding hydrogens is 701 g/mol. The second-order valence-electron chi connectivity index (χ2n) is 17.7. The van der Waals surface area contributed by atoms with Crippen molar-refractivity contribution in [3.63, 3.8) is 0 Å². The molecule has 2 amide bonds. The fraction of sp³-hybridized carbons (Fsp3) is 0.674. The monoisotopic (exact) mass is 770 g/mol. The van der Waals surface area contributed by atoms with Crippen molar-refractivity contribution in [2.45, 2.75) is 105 Å². The van der Waals surface area contributed by atoms with Crippen molar-refractivity contribution in [1.82, 2.24) is 20.6 Å². The van der Waals surface area contributed by atoms with Crippen molar-refractivity contribution < 1.29 is 33.8 Å². The molecule has 2 aliphatic rings. The van der Waals surface area contributed by atoms with Gasteiger partial charge in [-0.1, -0.05) is 48.5 Å². The van der Waals surface area contributed by atoms with Gasteiger partial charge in [0.15, 0.2) is 0 Å². The Hall–Kier alpha value is -3.29. The van der Waals surface area contributed by atoms with Crippen LogP contribution in [0, 0.1) is 40.8 Å². The number of nitrogens with one attached hydrogen (secondary N) is 2. The quantitative estimate of drug-likeness (QED) is 0.184. The van der Waals surface area contributed by atoms with E-state index in [1.807, 2.05) is 45.2 Å². The Morgan fingerprint density at radius 2 is 1.76 bits per heavy atom. The Morgan fingerprint density at radius 3 is 2.33 bits per heavy atom. The second kappa shape index (κ2) is 18.3.